The van der Waals surface area contributed by atoms with E-state index in [-0.39, 0.29) is 18.2 Å². The minimum absolute atomic E-state index is 0.140. The van der Waals surface area contributed by atoms with Crippen molar-refractivity contribution in [2.45, 2.75) is 58.3 Å². The first kappa shape index (κ1) is 25.3. The van der Waals surface area contributed by atoms with Crippen molar-refractivity contribution in [2.75, 3.05) is 13.7 Å². The van der Waals surface area contributed by atoms with Gasteiger partial charge < -0.3 is 15.2 Å². The van der Waals surface area contributed by atoms with E-state index >= 15 is 0 Å². The fourth-order valence-electron chi connectivity index (χ4n) is 4.17. The zero-order chi connectivity index (χ0) is 25.0. The van der Waals surface area contributed by atoms with Crippen molar-refractivity contribution in [3.8, 4) is 11.5 Å². The number of ether oxygens (including phenoxy) is 2. The first-order chi connectivity index (χ1) is 16.1. The van der Waals surface area contributed by atoms with Crippen LogP contribution in [-0.2, 0) is 23.1 Å². The summed E-state index contributed by atoms with van der Waals surface area (Å²) in [5.41, 5.74) is 8.17. The number of aryl methyl sites for hydroxylation is 2. The van der Waals surface area contributed by atoms with Gasteiger partial charge >= 0.3 is 0 Å². The Bertz CT molecular complexity index is 1180. The molecule has 1 unspecified atom stereocenters. The lowest BCUT2D eigenvalue weighted by Crippen LogP contribution is -2.20. The van der Waals surface area contributed by atoms with Crippen LogP contribution in [0.4, 0.5) is 8.78 Å². The molecule has 0 bridgehead atoms. The predicted molar refractivity (Wildman–Crippen MR) is 126 cm³/mol. The largest absolute Gasteiger partial charge is 0.494 e. The number of alkyl halides is 2. The van der Waals surface area contributed by atoms with Crippen molar-refractivity contribution < 1.29 is 23.0 Å². The number of carbonyl (C=O) groups excluding carboxylic acids is 1. The maximum Gasteiger partial charge on any atom is 0.247 e. The zero-order valence-corrected chi connectivity index (χ0v) is 20.1. The van der Waals surface area contributed by atoms with Gasteiger partial charge in [0.05, 0.1) is 36.7 Å². The molecule has 0 spiro atoms. The Morgan fingerprint density at radius 3 is 2.56 bits per heavy atom. The minimum atomic E-state index is -2.56. The fourth-order valence-corrected chi connectivity index (χ4v) is 4.17. The topological polar surface area (TPSA) is 100 Å². The highest BCUT2D eigenvalue weighted by atomic mass is 19.3. The Hall–Kier alpha value is -3.36. The molecule has 2 N–H and O–H groups in total. The van der Waals surface area contributed by atoms with Crippen molar-refractivity contribution >= 4 is 17.3 Å². The minimum Gasteiger partial charge on any atom is -0.494 e. The first-order valence-electron chi connectivity index (χ1n) is 11.1. The van der Waals surface area contributed by atoms with E-state index in [1.807, 2.05) is 32.0 Å². The monoisotopic (exact) mass is 472 g/mol. The summed E-state index contributed by atoms with van der Waals surface area (Å²) in [5.74, 6) is 0.245. The van der Waals surface area contributed by atoms with Gasteiger partial charge in [-0.25, -0.2) is 8.78 Å². The van der Waals surface area contributed by atoms with Gasteiger partial charge in [0.25, 0.3) is 0 Å². The average Bonchev–Trinajstić information content (AvgIpc) is 3.10. The quantitative estimate of drug-likeness (QED) is 0.538. The molecule has 1 aliphatic heterocycles. The van der Waals surface area contributed by atoms with Crippen LogP contribution in [0.2, 0.25) is 0 Å². The number of amides is 1. The predicted octanol–water partition coefficient (Wildman–Crippen LogP) is 4.27. The van der Waals surface area contributed by atoms with Crippen LogP contribution < -0.4 is 15.2 Å². The highest BCUT2D eigenvalue weighted by Gasteiger charge is 2.36. The highest BCUT2D eigenvalue weighted by molar-refractivity contribution is 5.85. The molecular formula is C25H30F2N4O3. The standard InChI is InChI=1S/C24H27F2N3O2.CH3NO/c1-6-18-22-17(24(3,4)12-31-22)11-19(27-18)16(23(25)26)9-14-8-15-7-13(2)28-29-21(15)20(10-14)30-5;2-1-3/h7-8,10-11,16,23H,6,9,12H2,1-5H3;1H,(H2,2,3). The molecule has 1 aromatic carbocycles. The van der Waals surface area contributed by atoms with Crippen LogP contribution in [0.5, 0.6) is 11.5 Å². The molecular weight excluding hydrogens is 442 g/mol. The van der Waals surface area contributed by atoms with Gasteiger partial charge in [0.2, 0.25) is 12.8 Å². The number of hydrogen-bond donors (Lipinski definition) is 1. The Kier molecular flexibility index (Phi) is 7.64. The summed E-state index contributed by atoms with van der Waals surface area (Å²) in [6, 6.07) is 7.35. The second-order valence-corrected chi connectivity index (χ2v) is 8.90. The van der Waals surface area contributed by atoms with E-state index in [2.05, 4.69) is 34.8 Å². The van der Waals surface area contributed by atoms with Crippen LogP contribution in [-0.4, -0.2) is 41.7 Å². The van der Waals surface area contributed by atoms with Crippen LogP contribution in [0.1, 0.15) is 54.9 Å². The summed E-state index contributed by atoms with van der Waals surface area (Å²) in [6.45, 7) is 8.48. The molecule has 2 aromatic heterocycles. The molecule has 0 aliphatic carbocycles. The number of hydrogen-bond acceptors (Lipinski definition) is 6. The van der Waals surface area contributed by atoms with Gasteiger partial charge in [0.1, 0.15) is 17.0 Å². The summed E-state index contributed by atoms with van der Waals surface area (Å²) in [6.07, 6.45) is -1.54. The molecule has 3 heterocycles. The molecule has 4 rings (SSSR count). The third-order valence-electron chi connectivity index (χ3n) is 5.90. The van der Waals surface area contributed by atoms with Crippen LogP contribution in [0.3, 0.4) is 0 Å². The number of rotatable bonds is 6. The lowest BCUT2D eigenvalue weighted by molar-refractivity contribution is -0.106. The second-order valence-electron chi connectivity index (χ2n) is 8.90. The van der Waals surface area contributed by atoms with Crippen LogP contribution in [0.15, 0.2) is 24.3 Å². The van der Waals surface area contributed by atoms with Crippen molar-refractivity contribution in [1.29, 1.82) is 0 Å². The molecule has 182 valence electrons. The molecule has 9 heteroatoms. The average molecular weight is 473 g/mol. The summed E-state index contributed by atoms with van der Waals surface area (Å²) < 4.78 is 39.9. The number of fused-ring (bicyclic) bond motifs is 2. The fraction of sp³-hybridized carbons (Fsp3) is 0.440. The Morgan fingerprint density at radius 2 is 1.94 bits per heavy atom. The molecule has 7 nitrogen and oxygen atoms in total. The number of benzene rings is 1. The Balaban J connectivity index is 0.00000103. The normalized spacial score (nSPS) is 14.7. The van der Waals surface area contributed by atoms with Crippen molar-refractivity contribution in [3.63, 3.8) is 0 Å². The Labute approximate surface area is 197 Å². The first-order valence-corrected chi connectivity index (χ1v) is 11.1. The third kappa shape index (κ3) is 5.08. The van der Waals surface area contributed by atoms with Crippen molar-refractivity contribution in [2.24, 2.45) is 5.73 Å². The van der Waals surface area contributed by atoms with Gasteiger partial charge in [-0.15, -0.1) is 5.10 Å². The van der Waals surface area contributed by atoms with E-state index < -0.39 is 12.3 Å². The van der Waals surface area contributed by atoms with Gasteiger partial charge in [-0.2, -0.15) is 5.10 Å². The molecule has 0 fully saturated rings. The van der Waals surface area contributed by atoms with Crippen molar-refractivity contribution in [3.05, 3.63) is 52.5 Å². The number of primary amides is 1. The second kappa shape index (κ2) is 10.3. The van der Waals surface area contributed by atoms with E-state index in [0.717, 1.165) is 33.7 Å². The van der Waals surface area contributed by atoms with Gasteiger partial charge in [-0.05, 0) is 49.6 Å². The lowest BCUT2D eigenvalue weighted by atomic mass is 9.84. The molecule has 1 aliphatic rings. The van der Waals surface area contributed by atoms with Gasteiger partial charge in [-0.3, -0.25) is 9.78 Å². The zero-order valence-electron chi connectivity index (χ0n) is 20.1. The van der Waals surface area contributed by atoms with Crippen molar-refractivity contribution in [1.82, 2.24) is 15.2 Å². The number of nitrogens with two attached hydrogens (primary N) is 1. The highest BCUT2D eigenvalue weighted by Crippen LogP contribution is 2.42. The van der Waals surface area contributed by atoms with Crippen LogP contribution in [0, 0.1) is 6.92 Å². The molecule has 0 saturated carbocycles. The van der Waals surface area contributed by atoms with E-state index in [0.29, 0.717) is 30.0 Å². The van der Waals surface area contributed by atoms with Gasteiger partial charge in [0.15, 0.2) is 0 Å². The van der Waals surface area contributed by atoms with Crippen LogP contribution >= 0.6 is 0 Å². The number of carbonyl (C=O) groups is 1. The van der Waals surface area contributed by atoms with E-state index in [1.165, 1.54) is 0 Å². The molecule has 3 aromatic rings. The number of methoxy groups -OCH3 is 1. The van der Waals surface area contributed by atoms with E-state index in [9.17, 15) is 8.78 Å². The summed E-state index contributed by atoms with van der Waals surface area (Å²) >= 11 is 0. The molecule has 0 radical (unpaired) electrons. The number of halogens is 2. The summed E-state index contributed by atoms with van der Waals surface area (Å²) in [5, 5.41) is 9.09. The molecule has 1 amide bonds. The third-order valence-corrected chi connectivity index (χ3v) is 5.90. The summed E-state index contributed by atoms with van der Waals surface area (Å²) in [7, 11) is 1.54. The number of pyridine rings is 1. The van der Waals surface area contributed by atoms with Gasteiger partial charge in [0, 0.05) is 16.4 Å². The molecule has 0 saturated heterocycles. The SMILES string of the molecule is CCc1nc(C(Cc2cc(OC)c3nnc(C)cc3c2)C(F)F)cc2c1OCC2(C)C.NC=O. The number of aromatic nitrogens is 3. The lowest BCUT2D eigenvalue weighted by Gasteiger charge is -2.21. The molecule has 1 atom stereocenters. The maximum absolute atomic E-state index is 14.3. The van der Waals surface area contributed by atoms with Gasteiger partial charge in [-0.1, -0.05) is 20.8 Å². The molecule has 34 heavy (non-hydrogen) atoms. The summed E-state index contributed by atoms with van der Waals surface area (Å²) in [4.78, 5) is 13.2. The Morgan fingerprint density at radius 1 is 1.24 bits per heavy atom. The number of nitrogens with zero attached hydrogens (tertiary/aromatic N) is 3. The smallest absolute Gasteiger partial charge is 0.247 e. The van der Waals surface area contributed by atoms with Crippen LogP contribution in [0.25, 0.3) is 10.9 Å². The van der Waals surface area contributed by atoms with E-state index in [4.69, 9.17) is 14.3 Å². The maximum atomic E-state index is 14.3. The van der Waals surface area contributed by atoms with E-state index in [1.54, 1.807) is 13.2 Å².